The van der Waals surface area contributed by atoms with Crippen LogP contribution in [0.2, 0.25) is 0 Å². The molecular formula is C25H24N6O4. The molecule has 2 aromatic heterocycles. The van der Waals surface area contributed by atoms with E-state index in [9.17, 15) is 19.2 Å². The molecule has 1 aliphatic rings. The molecule has 5 rings (SSSR count). The molecule has 1 aliphatic carbocycles. The average Bonchev–Trinajstić information content (AvgIpc) is 3.65. The van der Waals surface area contributed by atoms with Gasteiger partial charge in [0, 0.05) is 12.5 Å². The number of nitrogens with one attached hydrogen (secondary N) is 2. The van der Waals surface area contributed by atoms with Crippen LogP contribution in [0.15, 0.2) is 76.6 Å². The van der Waals surface area contributed by atoms with Crippen LogP contribution in [0, 0.1) is 5.92 Å². The quantitative estimate of drug-likeness (QED) is 0.389. The molecule has 1 saturated carbocycles. The number of carbonyl (C=O) groups is 2. The van der Waals surface area contributed by atoms with Crippen molar-refractivity contribution in [3.05, 3.63) is 99.0 Å². The predicted molar refractivity (Wildman–Crippen MR) is 128 cm³/mol. The van der Waals surface area contributed by atoms with Gasteiger partial charge in [-0.3, -0.25) is 29.8 Å². The molecule has 0 saturated heterocycles. The van der Waals surface area contributed by atoms with Crippen molar-refractivity contribution in [3.8, 4) is 0 Å². The van der Waals surface area contributed by atoms with Crippen LogP contribution < -0.4 is 22.1 Å². The summed E-state index contributed by atoms with van der Waals surface area (Å²) in [4.78, 5) is 55.6. The minimum Gasteiger partial charge on any atom is -0.320 e. The Bertz CT molecular complexity index is 1500. The Kier molecular flexibility index (Phi) is 6.01. The SMILES string of the molecule is O=C(Cn1c(=O)c2c(ncn2Cc2ccccc2)n(Cc2ccccc2)c1=O)NNC(=O)C1CC1. The number of benzene rings is 2. The molecule has 0 unspecified atom stereocenters. The second-order valence-corrected chi connectivity index (χ2v) is 8.59. The second kappa shape index (κ2) is 9.41. The number of aromatic nitrogens is 4. The highest BCUT2D eigenvalue weighted by Gasteiger charge is 2.30. The predicted octanol–water partition coefficient (Wildman–Crippen LogP) is 1.01. The van der Waals surface area contributed by atoms with Gasteiger partial charge < -0.3 is 4.57 Å². The van der Waals surface area contributed by atoms with Crippen molar-refractivity contribution in [3.63, 3.8) is 0 Å². The summed E-state index contributed by atoms with van der Waals surface area (Å²) in [5, 5.41) is 0. The van der Waals surface area contributed by atoms with E-state index in [1.165, 1.54) is 10.9 Å². The van der Waals surface area contributed by atoms with Gasteiger partial charge in [-0.1, -0.05) is 60.7 Å². The number of hydrogen-bond donors (Lipinski definition) is 2. The lowest BCUT2D eigenvalue weighted by molar-refractivity contribution is -0.129. The molecule has 0 aliphatic heterocycles. The normalized spacial score (nSPS) is 13.0. The fourth-order valence-corrected chi connectivity index (χ4v) is 3.95. The molecule has 2 amide bonds. The smallest absolute Gasteiger partial charge is 0.320 e. The summed E-state index contributed by atoms with van der Waals surface area (Å²) < 4.78 is 3.95. The van der Waals surface area contributed by atoms with E-state index in [1.54, 1.807) is 4.57 Å². The molecule has 0 spiro atoms. The lowest BCUT2D eigenvalue weighted by Crippen LogP contribution is -2.48. The highest BCUT2D eigenvalue weighted by Crippen LogP contribution is 2.28. The summed E-state index contributed by atoms with van der Waals surface area (Å²) in [5.41, 5.74) is 5.66. The van der Waals surface area contributed by atoms with Crippen molar-refractivity contribution in [1.29, 1.82) is 0 Å². The summed E-state index contributed by atoms with van der Waals surface area (Å²) in [7, 11) is 0. The lowest BCUT2D eigenvalue weighted by Gasteiger charge is -2.13. The van der Waals surface area contributed by atoms with E-state index in [0.29, 0.717) is 6.54 Å². The molecule has 2 aromatic carbocycles. The number of carbonyl (C=O) groups excluding carboxylic acids is 2. The average molecular weight is 473 g/mol. The third-order valence-corrected chi connectivity index (χ3v) is 5.94. The first-order valence-electron chi connectivity index (χ1n) is 11.4. The van der Waals surface area contributed by atoms with Crippen LogP contribution in [0.25, 0.3) is 11.2 Å². The van der Waals surface area contributed by atoms with Gasteiger partial charge in [0.25, 0.3) is 11.5 Å². The Hall–Kier alpha value is -4.47. The molecule has 2 heterocycles. The summed E-state index contributed by atoms with van der Waals surface area (Å²) in [5.74, 6) is -1.04. The van der Waals surface area contributed by atoms with Crippen LogP contribution in [-0.4, -0.2) is 30.5 Å². The van der Waals surface area contributed by atoms with Crippen molar-refractivity contribution in [2.24, 2.45) is 5.92 Å². The lowest BCUT2D eigenvalue weighted by atomic mass is 10.2. The first-order valence-corrected chi connectivity index (χ1v) is 11.4. The second-order valence-electron chi connectivity index (χ2n) is 8.59. The van der Waals surface area contributed by atoms with E-state index in [4.69, 9.17) is 0 Å². The minimum atomic E-state index is -0.669. The van der Waals surface area contributed by atoms with Crippen LogP contribution in [0.4, 0.5) is 0 Å². The zero-order valence-corrected chi connectivity index (χ0v) is 18.9. The fraction of sp³-hybridized carbons (Fsp3) is 0.240. The van der Waals surface area contributed by atoms with Crippen LogP contribution in [0.5, 0.6) is 0 Å². The van der Waals surface area contributed by atoms with Crippen LogP contribution >= 0.6 is 0 Å². The van der Waals surface area contributed by atoms with Crippen molar-refractivity contribution in [2.45, 2.75) is 32.5 Å². The maximum Gasteiger partial charge on any atom is 0.333 e. The number of rotatable bonds is 7. The van der Waals surface area contributed by atoms with Crippen LogP contribution in [-0.2, 0) is 29.2 Å². The van der Waals surface area contributed by atoms with Gasteiger partial charge >= 0.3 is 5.69 Å². The van der Waals surface area contributed by atoms with E-state index in [-0.39, 0.29) is 29.5 Å². The summed E-state index contributed by atoms with van der Waals surface area (Å²) in [6, 6.07) is 18.9. The van der Waals surface area contributed by atoms with Gasteiger partial charge in [0.15, 0.2) is 11.2 Å². The number of imidazole rings is 1. The zero-order valence-electron chi connectivity index (χ0n) is 18.9. The summed E-state index contributed by atoms with van der Waals surface area (Å²) >= 11 is 0. The minimum absolute atomic E-state index is 0.0928. The van der Waals surface area contributed by atoms with Crippen LogP contribution in [0.3, 0.4) is 0 Å². The van der Waals surface area contributed by atoms with Gasteiger partial charge in [-0.25, -0.2) is 14.3 Å². The largest absolute Gasteiger partial charge is 0.333 e. The Labute approximate surface area is 199 Å². The molecule has 10 nitrogen and oxygen atoms in total. The third kappa shape index (κ3) is 4.77. The van der Waals surface area contributed by atoms with E-state index < -0.39 is 23.7 Å². The standard InChI is InChI=1S/C25H24N6O4/c32-20(27-28-23(33)19-11-12-19)15-31-24(34)21-22(26-16-29(21)13-17-7-3-1-4-8-17)30(25(31)35)14-18-9-5-2-6-10-18/h1-10,16,19H,11-15H2,(H,27,32)(H,28,33). The fourth-order valence-electron chi connectivity index (χ4n) is 3.95. The van der Waals surface area contributed by atoms with Gasteiger partial charge in [-0.2, -0.15) is 0 Å². The van der Waals surface area contributed by atoms with Crippen molar-refractivity contribution >= 4 is 23.0 Å². The Morgan fingerprint density at radius 2 is 1.49 bits per heavy atom. The van der Waals surface area contributed by atoms with E-state index in [1.807, 2.05) is 60.7 Å². The molecule has 35 heavy (non-hydrogen) atoms. The van der Waals surface area contributed by atoms with E-state index in [0.717, 1.165) is 28.5 Å². The number of nitrogens with zero attached hydrogens (tertiary/aromatic N) is 4. The van der Waals surface area contributed by atoms with Crippen LogP contribution in [0.1, 0.15) is 24.0 Å². The van der Waals surface area contributed by atoms with Gasteiger partial charge in [-0.05, 0) is 24.0 Å². The van der Waals surface area contributed by atoms with Gasteiger partial charge in [0.2, 0.25) is 5.91 Å². The number of amides is 2. The highest BCUT2D eigenvalue weighted by molar-refractivity contribution is 5.84. The summed E-state index contributed by atoms with van der Waals surface area (Å²) in [6.07, 6.45) is 3.10. The number of hydrogen-bond acceptors (Lipinski definition) is 5. The molecule has 0 atom stereocenters. The Morgan fingerprint density at radius 3 is 2.11 bits per heavy atom. The van der Waals surface area contributed by atoms with Crippen molar-refractivity contribution in [2.75, 3.05) is 0 Å². The van der Waals surface area contributed by atoms with Crippen molar-refractivity contribution < 1.29 is 9.59 Å². The maximum atomic E-state index is 13.4. The maximum absolute atomic E-state index is 13.4. The molecule has 2 N–H and O–H groups in total. The van der Waals surface area contributed by atoms with Gasteiger partial charge in [0.1, 0.15) is 6.54 Å². The molecule has 1 fully saturated rings. The zero-order chi connectivity index (χ0) is 24.4. The first-order chi connectivity index (χ1) is 17.0. The third-order valence-electron chi connectivity index (χ3n) is 5.94. The van der Waals surface area contributed by atoms with Crippen molar-refractivity contribution in [1.82, 2.24) is 29.5 Å². The highest BCUT2D eigenvalue weighted by atomic mass is 16.2. The van der Waals surface area contributed by atoms with E-state index >= 15 is 0 Å². The van der Waals surface area contributed by atoms with Gasteiger partial charge in [0.05, 0.1) is 12.9 Å². The number of hydrazine groups is 1. The molecule has 4 aromatic rings. The molecule has 0 bridgehead atoms. The van der Waals surface area contributed by atoms with Gasteiger partial charge in [-0.15, -0.1) is 0 Å². The summed E-state index contributed by atoms with van der Waals surface area (Å²) in [6.45, 7) is 0.0163. The molecule has 0 radical (unpaired) electrons. The topological polar surface area (TPSA) is 120 Å². The molecular weight excluding hydrogens is 448 g/mol. The molecule has 178 valence electrons. The van der Waals surface area contributed by atoms with E-state index in [2.05, 4.69) is 15.8 Å². The number of fused-ring (bicyclic) bond motifs is 1. The first kappa shape index (κ1) is 22.3. The molecule has 10 heteroatoms. The monoisotopic (exact) mass is 472 g/mol. The Balaban J connectivity index is 1.54. The Morgan fingerprint density at radius 1 is 0.857 bits per heavy atom.